The predicted molar refractivity (Wildman–Crippen MR) is 105 cm³/mol. The minimum absolute atomic E-state index is 0.403. The monoisotopic (exact) mass is 354 g/mol. The number of nitrogens with one attached hydrogen (secondary N) is 1. The van der Waals surface area contributed by atoms with Crippen LogP contribution < -0.4 is 10.9 Å². The molecular formula is C22H14N2O3. The zero-order valence-corrected chi connectivity index (χ0v) is 14.2. The van der Waals surface area contributed by atoms with Crippen LogP contribution in [-0.4, -0.2) is 4.98 Å². The molecule has 5 nitrogen and oxygen atoms in total. The zero-order valence-electron chi connectivity index (χ0n) is 14.2. The summed E-state index contributed by atoms with van der Waals surface area (Å²) in [6.45, 7) is 0. The van der Waals surface area contributed by atoms with E-state index in [1.54, 1.807) is 18.5 Å². The Morgan fingerprint density at radius 3 is 2.48 bits per heavy atom. The van der Waals surface area contributed by atoms with Crippen molar-refractivity contribution in [2.24, 2.45) is 0 Å². The lowest BCUT2D eigenvalue weighted by Crippen LogP contribution is -2.00. The number of fused-ring (bicyclic) bond motifs is 3. The number of hydrogen-bond acceptors (Lipinski definition) is 5. The number of benzene rings is 2. The molecule has 0 aliphatic rings. The second-order valence-electron chi connectivity index (χ2n) is 6.13. The smallest absolute Gasteiger partial charge is 0.348 e. The van der Waals surface area contributed by atoms with Gasteiger partial charge in [-0.15, -0.1) is 0 Å². The molecule has 0 radical (unpaired) electrons. The van der Waals surface area contributed by atoms with Gasteiger partial charge < -0.3 is 14.2 Å². The molecule has 5 heteroatoms. The Labute approximate surface area is 153 Å². The summed E-state index contributed by atoms with van der Waals surface area (Å²) in [5.74, 6) is 0.479. The summed E-state index contributed by atoms with van der Waals surface area (Å²) in [5.41, 5.74) is 2.83. The van der Waals surface area contributed by atoms with E-state index in [2.05, 4.69) is 10.3 Å². The highest BCUT2D eigenvalue weighted by Crippen LogP contribution is 2.40. The summed E-state index contributed by atoms with van der Waals surface area (Å²) in [6, 6.07) is 20.7. The van der Waals surface area contributed by atoms with Crippen LogP contribution in [-0.2, 0) is 0 Å². The molecule has 5 rings (SSSR count). The van der Waals surface area contributed by atoms with Gasteiger partial charge in [0.15, 0.2) is 5.58 Å². The van der Waals surface area contributed by atoms with Gasteiger partial charge in [0.05, 0.1) is 10.9 Å². The molecule has 0 saturated heterocycles. The summed E-state index contributed by atoms with van der Waals surface area (Å²) in [4.78, 5) is 17.0. The number of anilines is 2. The Balaban J connectivity index is 1.86. The summed E-state index contributed by atoms with van der Waals surface area (Å²) in [7, 11) is 0. The van der Waals surface area contributed by atoms with Crippen molar-refractivity contribution in [2.45, 2.75) is 0 Å². The van der Waals surface area contributed by atoms with Gasteiger partial charge >= 0.3 is 5.63 Å². The lowest BCUT2D eigenvalue weighted by atomic mass is 10.1. The van der Waals surface area contributed by atoms with Gasteiger partial charge in [0, 0.05) is 23.6 Å². The molecule has 3 heterocycles. The number of rotatable bonds is 3. The quantitative estimate of drug-likeness (QED) is 0.443. The molecule has 0 saturated carbocycles. The van der Waals surface area contributed by atoms with Gasteiger partial charge in [-0.1, -0.05) is 36.4 Å². The number of aromatic nitrogens is 1. The van der Waals surface area contributed by atoms with E-state index in [4.69, 9.17) is 8.83 Å². The van der Waals surface area contributed by atoms with Crippen LogP contribution >= 0.6 is 0 Å². The van der Waals surface area contributed by atoms with E-state index in [1.807, 2.05) is 60.7 Å². The molecule has 0 amide bonds. The van der Waals surface area contributed by atoms with Crippen LogP contribution in [0.2, 0.25) is 0 Å². The fourth-order valence-corrected chi connectivity index (χ4v) is 3.24. The van der Waals surface area contributed by atoms with Crippen molar-refractivity contribution in [3.05, 3.63) is 89.5 Å². The third-order valence-electron chi connectivity index (χ3n) is 4.43. The molecule has 130 valence electrons. The Morgan fingerprint density at radius 1 is 0.852 bits per heavy atom. The highest BCUT2D eigenvalue weighted by Gasteiger charge is 2.22. The van der Waals surface area contributed by atoms with Gasteiger partial charge in [-0.05, 0) is 30.3 Å². The van der Waals surface area contributed by atoms with Crippen LogP contribution in [0, 0.1) is 0 Å². The molecule has 0 atom stereocenters. The minimum Gasteiger partial charge on any atom is -0.439 e. The van der Waals surface area contributed by atoms with Gasteiger partial charge in [-0.2, -0.15) is 0 Å². The first kappa shape index (κ1) is 15.4. The Kier molecular flexibility index (Phi) is 3.50. The van der Waals surface area contributed by atoms with Crippen molar-refractivity contribution in [2.75, 3.05) is 5.32 Å². The molecule has 0 aliphatic carbocycles. The van der Waals surface area contributed by atoms with Crippen molar-refractivity contribution in [1.82, 2.24) is 4.98 Å². The maximum absolute atomic E-state index is 12.8. The van der Waals surface area contributed by atoms with E-state index in [1.165, 1.54) is 0 Å². The molecule has 0 spiro atoms. The Hall–Kier alpha value is -3.86. The molecule has 27 heavy (non-hydrogen) atoms. The normalized spacial score (nSPS) is 11.1. The predicted octanol–water partition coefficient (Wildman–Crippen LogP) is 5.34. The van der Waals surface area contributed by atoms with Gasteiger partial charge in [-0.3, -0.25) is 4.98 Å². The highest BCUT2D eigenvalue weighted by molar-refractivity contribution is 6.10. The van der Waals surface area contributed by atoms with E-state index in [0.717, 1.165) is 16.6 Å². The zero-order chi connectivity index (χ0) is 18.2. The summed E-state index contributed by atoms with van der Waals surface area (Å²) < 4.78 is 11.7. The van der Waals surface area contributed by atoms with Crippen LogP contribution in [0.1, 0.15) is 0 Å². The van der Waals surface area contributed by atoms with Crippen LogP contribution in [0.4, 0.5) is 11.6 Å². The van der Waals surface area contributed by atoms with Crippen molar-refractivity contribution in [3.63, 3.8) is 0 Å². The summed E-state index contributed by atoms with van der Waals surface area (Å²) in [6.07, 6.45) is 3.39. The molecule has 5 aromatic rings. The largest absolute Gasteiger partial charge is 0.439 e. The average molecular weight is 354 g/mol. The molecule has 0 bridgehead atoms. The van der Waals surface area contributed by atoms with E-state index < -0.39 is 5.63 Å². The molecule has 2 aromatic carbocycles. The van der Waals surface area contributed by atoms with Crippen LogP contribution in [0.5, 0.6) is 0 Å². The van der Waals surface area contributed by atoms with Crippen LogP contribution in [0.3, 0.4) is 0 Å². The van der Waals surface area contributed by atoms with Crippen molar-refractivity contribution in [1.29, 1.82) is 0 Å². The molecule has 0 unspecified atom stereocenters. The summed E-state index contributed by atoms with van der Waals surface area (Å²) >= 11 is 0. The SMILES string of the molecule is O=c1oc2ccccc2c2oc(Nc3ccccc3)c(-c3cccnc3)c12. The fraction of sp³-hybridized carbons (Fsp3) is 0. The number of hydrogen-bond donors (Lipinski definition) is 1. The topological polar surface area (TPSA) is 68.3 Å². The molecular weight excluding hydrogens is 340 g/mol. The fourth-order valence-electron chi connectivity index (χ4n) is 3.24. The van der Waals surface area contributed by atoms with Gasteiger partial charge in [0.2, 0.25) is 5.88 Å². The number of pyridine rings is 1. The highest BCUT2D eigenvalue weighted by atomic mass is 16.4. The van der Waals surface area contributed by atoms with Crippen LogP contribution in [0.25, 0.3) is 33.1 Å². The molecule has 1 N–H and O–H groups in total. The number of para-hydroxylation sites is 2. The van der Waals surface area contributed by atoms with Crippen molar-refractivity contribution >= 4 is 33.5 Å². The lowest BCUT2D eigenvalue weighted by molar-refractivity contribution is 0.566. The Morgan fingerprint density at radius 2 is 1.67 bits per heavy atom. The maximum Gasteiger partial charge on any atom is 0.348 e. The molecule has 3 aromatic heterocycles. The van der Waals surface area contributed by atoms with E-state index in [-0.39, 0.29) is 0 Å². The number of furan rings is 1. The first-order valence-corrected chi connectivity index (χ1v) is 8.52. The third kappa shape index (κ3) is 2.57. The third-order valence-corrected chi connectivity index (χ3v) is 4.43. The molecule has 0 aliphatic heterocycles. The Bertz CT molecular complexity index is 1310. The van der Waals surface area contributed by atoms with E-state index in [0.29, 0.717) is 28.0 Å². The van der Waals surface area contributed by atoms with Gasteiger partial charge in [0.25, 0.3) is 0 Å². The average Bonchev–Trinajstić information content (AvgIpc) is 3.09. The standard InChI is InChI=1S/C22H14N2O3/c25-22-19-18(14-7-6-12-23-13-14)21(24-15-8-2-1-3-9-15)27-20(19)16-10-4-5-11-17(16)26-22/h1-13,24H. The first-order chi connectivity index (χ1) is 13.3. The first-order valence-electron chi connectivity index (χ1n) is 8.52. The minimum atomic E-state index is -0.438. The number of nitrogens with zero attached hydrogens (tertiary/aromatic N) is 1. The second kappa shape index (κ2) is 6.14. The van der Waals surface area contributed by atoms with Crippen LogP contribution in [0.15, 0.2) is 92.8 Å². The summed E-state index contributed by atoms with van der Waals surface area (Å²) in [5, 5.41) is 4.43. The second-order valence-corrected chi connectivity index (χ2v) is 6.13. The van der Waals surface area contributed by atoms with Crippen molar-refractivity contribution < 1.29 is 8.83 Å². The van der Waals surface area contributed by atoms with Gasteiger partial charge in [-0.25, -0.2) is 4.79 Å². The van der Waals surface area contributed by atoms with E-state index >= 15 is 0 Å². The molecule has 0 fully saturated rings. The lowest BCUT2D eigenvalue weighted by Gasteiger charge is -2.05. The maximum atomic E-state index is 12.8. The van der Waals surface area contributed by atoms with E-state index in [9.17, 15) is 4.79 Å². The van der Waals surface area contributed by atoms with Gasteiger partial charge in [0.1, 0.15) is 11.0 Å². The van der Waals surface area contributed by atoms with Crippen molar-refractivity contribution in [3.8, 4) is 11.1 Å².